The Morgan fingerprint density at radius 2 is 2.67 bits per heavy atom. The van der Waals surface area contributed by atoms with Crippen molar-refractivity contribution >= 4 is 5.95 Å². The van der Waals surface area contributed by atoms with Crippen molar-refractivity contribution in [3.05, 3.63) is 12.4 Å². The van der Waals surface area contributed by atoms with Crippen LogP contribution in [0.15, 0.2) is 12.4 Å². The summed E-state index contributed by atoms with van der Waals surface area (Å²) in [7, 11) is 0. The van der Waals surface area contributed by atoms with Crippen LogP contribution in [0.25, 0.3) is 0 Å². The van der Waals surface area contributed by atoms with E-state index in [1.165, 1.54) is 12.8 Å². The summed E-state index contributed by atoms with van der Waals surface area (Å²) in [5, 5.41) is 0. The first kappa shape index (κ1) is 7.61. The van der Waals surface area contributed by atoms with Crippen LogP contribution in [0.1, 0.15) is 12.8 Å². The summed E-state index contributed by atoms with van der Waals surface area (Å²) in [6.45, 7) is 1.80. The highest BCUT2D eigenvalue weighted by Crippen LogP contribution is 2.20. The molecule has 1 aliphatic heterocycles. The van der Waals surface area contributed by atoms with Crippen molar-refractivity contribution in [2.45, 2.75) is 18.9 Å². The zero-order chi connectivity index (χ0) is 8.39. The third-order valence-corrected chi connectivity index (χ3v) is 2.41. The highest BCUT2D eigenvalue weighted by atomic mass is 15.3. The normalized spacial score (nSPS) is 23.4. The van der Waals surface area contributed by atoms with Gasteiger partial charge in [-0.1, -0.05) is 0 Å². The van der Waals surface area contributed by atoms with Gasteiger partial charge in [0.15, 0.2) is 0 Å². The van der Waals surface area contributed by atoms with Gasteiger partial charge in [-0.15, -0.1) is 0 Å². The van der Waals surface area contributed by atoms with Gasteiger partial charge in [0.05, 0.1) is 0 Å². The maximum absolute atomic E-state index is 5.65. The summed E-state index contributed by atoms with van der Waals surface area (Å²) >= 11 is 0. The van der Waals surface area contributed by atoms with E-state index in [9.17, 15) is 0 Å². The molecule has 1 unspecified atom stereocenters. The van der Waals surface area contributed by atoms with Crippen molar-refractivity contribution in [2.75, 3.05) is 18.0 Å². The van der Waals surface area contributed by atoms with Crippen LogP contribution in [0.5, 0.6) is 0 Å². The number of imidazole rings is 1. The number of nitrogens with two attached hydrogens (primary N) is 1. The Balaban J connectivity index is 2.13. The summed E-state index contributed by atoms with van der Waals surface area (Å²) in [6.07, 6.45) is 6.04. The number of hydrogen-bond donors (Lipinski definition) is 2. The number of H-pyrrole nitrogens is 1. The molecule has 66 valence electrons. The molecule has 3 N–H and O–H groups in total. The molecule has 0 radical (unpaired) electrons. The van der Waals surface area contributed by atoms with E-state index in [2.05, 4.69) is 14.9 Å². The lowest BCUT2D eigenvalue weighted by Crippen LogP contribution is -2.35. The Kier molecular flexibility index (Phi) is 1.99. The fraction of sp³-hybridized carbons (Fsp3) is 0.625. The zero-order valence-corrected chi connectivity index (χ0v) is 7.03. The Bertz CT molecular complexity index is 231. The number of nitrogens with zero attached hydrogens (tertiary/aromatic N) is 2. The average Bonchev–Trinajstić information content (AvgIpc) is 2.74. The first-order valence-electron chi connectivity index (χ1n) is 4.38. The van der Waals surface area contributed by atoms with E-state index in [1.54, 1.807) is 6.20 Å². The van der Waals surface area contributed by atoms with E-state index in [-0.39, 0.29) is 0 Å². The average molecular weight is 166 g/mol. The molecule has 2 heterocycles. The highest BCUT2D eigenvalue weighted by Gasteiger charge is 2.24. The summed E-state index contributed by atoms with van der Waals surface area (Å²) in [5.74, 6) is 0.961. The van der Waals surface area contributed by atoms with E-state index in [0.717, 1.165) is 19.0 Å². The predicted octanol–water partition coefficient (Wildman–Crippen LogP) is 0.337. The van der Waals surface area contributed by atoms with Gasteiger partial charge in [0.1, 0.15) is 0 Å². The van der Waals surface area contributed by atoms with Crippen LogP contribution in [0, 0.1) is 0 Å². The molecule has 0 amide bonds. The van der Waals surface area contributed by atoms with E-state index < -0.39 is 0 Å². The Morgan fingerprint density at radius 3 is 3.33 bits per heavy atom. The van der Waals surface area contributed by atoms with Crippen LogP contribution in [0.3, 0.4) is 0 Å². The lowest BCUT2D eigenvalue weighted by Gasteiger charge is -2.22. The summed E-state index contributed by atoms with van der Waals surface area (Å²) < 4.78 is 0. The Hall–Kier alpha value is -1.03. The lowest BCUT2D eigenvalue weighted by molar-refractivity contribution is 0.667. The van der Waals surface area contributed by atoms with Gasteiger partial charge < -0.3 is 15.6 Å². The molecule has 0 saturated carbocycles. The molecule has 4 heteroatoms. The molecule has 1 aromatic rings. The number of anilines is 1. The van der Waals surface area contributed by atoms with Crippen LogP contribution in [-0.2, 0) is 0 Å². The molecule has 1 atom stereocenters. The zero-order valence-electron chi connectivity index (χ0n) is 7.03. The van der Waals surface area contributed by atoms with Gasteiger partial charge in [-0.2, -0.15) is 0 Å². The van der Waals surface area contributed by atoms with Crippen LogP contribution < -0.4 is 10.6 Å². The van der Waals surface area contributed by atoms with E-state index in [1.807, 2.05) is 6.20 Å². The predicted molar refractivity (Wildman–Crippen MR) is 48.0 cm³/mol. The van der Waals surface area contributed by atoms with Crippen LogP contribution in [0.4, 0.5) is 5.95 Å². The summed E-state index contributed by atoms with van der Waals surface area (Å²) in [4.78, 5) is 9.56. The Morgan fingerprint density at radius 1 is 1.75 bits per heavy atom. The molecule has 4 nitrogen and oxygen atoms in total. The first-order valence-corrected chi connectivity index (χ1v) is 4.38. The second-order valence-corrected chi connectivity index (χ2v) is 3.14. The van der Waals surface area contributed by atoms with Gasteiger partial charge in [0.2, 0.25) is 5.95 Å². The SMILES string of the molecule is NCC1CCCN1c1ncc[nH]1. The molecule has 0 spiro atoms. The molecule has 1 fully saturated rings. The van der Waals surface area contributed by atoms with Crippen molar-refractivity contribution in [1.82, 2.24) is 9.97 Å². The molecular formula is C8H14N4. The van der Waals surface area contributed by atoms with Crippen LogP contribution in [0.2, 0.25) is 0 Å². The molecular weight excluding hydrogens is 152 g/mol. The molecule has 1 saturated heterocycles. The summed E-state index contributed by atoms with van der Waals surface area (Å²) in [6, 6.07) is 0.483. The van der Waals surface area contributed by atoms with E-state index in [4.69, 9.17) is 5.73 Å². The van der Waals surface area contributed by atoms with E-state index >= 15 is 0 Å². The third kappa shape index (κ3) is 1.18. The summed E-state index contributed by atoms with van der Waals surface area (Å²) in [5.41, 5.74) is 5.65. The van der Waals surface area contributed by atoms with Gasteiger partial charge in [0, 0.05) is 31.5 Å². The van der Waals surface area contributed by atoms with Crippen LogP contribution >= 0.6 is 0 Å². The number of nitrogens with one attached hydrogen (secondary N) is 1. The molecule has 1 aromatic heterocycles. The molecule has 2 rings (SSSR count). The van der Waals surface area contributed by atoms with Gasteiger partial charge in [-0.25, -0.2) is 4.98 Å². The molecule has 1 aliphatic rings. The largest absolute Gasteiger partial charge is 0.338 e. The first-order chi connectivity index (χ1) is 5.92. The number of aromatic nitrogens is 2. The van der Waals surface area contributed by atoms with Crippen molar-refractivity contribution < 1.29 is 0 Å². The molecule has 0 aliphatic carbocycles. The van der Waals surface area contributed by atoms with Crippen molar-refractivity contribution in [3.63, 3.8) is 0 Å². The molecule has 0 aromatic carbocycles. The quantitative estimate of drug-likeness (QED) is 0.666. The Labute approximate surface area is 71.8 Å². The second-order valence-electron chi connectivity index (χ2n) is 3.14. The van der Waals surface area contributed by atoms with Gasteiger partial charge in [-0.3, -0.25) is 0 Å². The van der Waals surface area contributed by atoms with Crippen molar-refractivity contribution in [1.29, 1.82) is 0 Å². The standard InChI is InChI=1S/C8H14N4/c9-6-7-2-1-5-12(7)8-10-3-4-11-8/h3-4,7H,1-2,5-6,9H2,(H,10,11). The number of aromatic amines is 1. The molecule has 12 heavy (non-hydrogen) atoms. The van der Waals surface area contributed by atoms with Gasteiger partial charge in [-0.05, 0) is 12.8 Å². The molecule has 0 bridgehead atoms. The van der Waals surface area contributed by atoms with Crippen LogP contribution in [-0.4, -0.2) is 29.1 Å². The monoisotopic (exact) mass is 166 g/mol. The fourth-order valence-corrected chi connectivity index (χ4v) is 1.77. The highest BCUT2D eigenvalue weighted by molar-refractivity contribution is 5.32. The number of rotatable bonds is 2. The minimum Gasteiger partial charge on any atom is -0.338 e. The third-order valence-electron chi connectivity index (χ3n) is 2.41. The number of hydrogen-bond acceptors (Lipinski definition) is 3. The van der Waals surface area contributed by atoms with Gasteiger partial charge >= 0.3 is 0 Å². The van der Waals surface area contributed by atoms with Gasteiger partial charge in [0.25, 0.3) is 0 Å². The van der Waals surface area contributed by atoms with E-state index in [0.29, 0.717) is 6.04 Å². The minimum absolute atomic E-state index is 0.483. The van der Waals surface area contributed by atoms with Crippen molar-refractivity contribution in [2.24, 2.45) is 5.73 Å². The minimum atomic E-state index is 0.483. The fourth-order valence-electron chi connectivity index (χ4n) is 1.77. The smallest absolute Gasteiger partial charge is 0.203 e. The van der Waals surface area contributed by atoms with Crippen molar-refractivity contribution in [3.8, 4) is 0 Å². The maximum Gasteiger partial charge on any atom is 0.203 e. The maximum atomic E-state index is 5.65. The topological polar surface area (TPSA) is 57.9 Å². The second kappa shape index (κ2) is 3.15. The lowest BCUT2D eigenvalue weighted by atomic mass is 10.2.